The molecule has 4 N–H and O–H groups in total. The third kappa shape index (κ3) is 3.96. The summed E-state index contributed by atoms with van der Waals surface area (Å²) in [5, 5.41) is 0. The highest BCUT2D eigenvalue weighted by Gasteiger charge is 2.29. The van der Waals surface area contributed by atoms with Gasteiger partial charge in [0.2, 0.25) is 5.91 Å². The molecule has 4 heteroatoms. The average Bonchev–Trinajstić information content (AvgIpc) is 2.24. The average molecular weight is 264 g/mol. The molecule has 2 unspecified atom stereocenters. The fourth-order valence-electron chi connectivity index (χ4n) is 2.08. The second kappa shape index (κ2) is 5.61. The largest absolute Gasteiger partial charge is 0.490 e. The van der Waals surface area contributed by atoms with Crippen LogP contribution in [0, 0.1) is 20.8 Å². The summed E-state index contributed by atoms with van der Waals surface area (Å²) in [6, 6.07) is 4.11. The van der Waals surface area contributed by atoms with Crippen LogP contribution < -0.4 is 16.2 Å². The van der Waals surface area contributed by atoms with Gasteiger partial charge in [-0.2, -0.15) is 0 Å². The van der Waals surface area contributed by atoms with E-state index < -0.39 is 11.4 Å². The van der Waals surface area contributed by atoms with E-state index in [1.807, 2.05) is 26.8 Å². The number of carbonyl (C=O) groups excluding carboxylic acids is 1. The number of aryl methyl sites for hydroxylation is 2. The van der Waals surface area contributed by atoms with E-state index in [4.69, 9.17) is 16.2 Å². The third-order valence-corrected chi connectivity index (χ3v) is 3.37. The van der Waals surface area contributed by atoms with Gasteiger partial charge in [-0.25, -0.2) is 0 Å². The van der Waals surface area contributed by atoms with Crippen LogP contribution in [0.5, 0.6) is 5.75 Å². The summed E-state index contributed by atoms with van der Waals surface area (Å²) in [5.41, 5.74) is 13.5. The van der Waals surface area contributed by atoms with Crippen LogP contribution >= 0.6 is 0 Å². The molecule has 1 amide bonds. The maximum atomic E-state index is 11.2. The van der Waals surface area contributed by atoms with Crippen LogP contribution in [-0.2, 0) is 4.79 Å². The first kappa shape index (κ1) is 15.5. The molecular weight excluding hydrogens is 240 g/mol. The van der Waals surface area contributed by atoms with Gasteiger partial charge in [0.15, 0.2) is 0 Å². The predicted molar refractivity (Wildman–Crippen MR) is 77.1 cm³/mol. The monoisotopic (exact) mass is 264 g/mol. The van der Waals surface area contributed by atoms with Gasteiger partial charge in [0, 0.05) is 6.42 Å². The lowest BCUT2D eigenvalue weighted by Gasteiger charge is -2.26. The Balaban J connectivity index is 2.83. The van der Waals surface area contributed by atoms with Crippen LogP contribution in [-0.4, -0.2) is 17.6 Å². The molecule has 106 valence electrons. The quantitative estimate of drug-likeness (QED) is 0.853. The van der Waals surface area contributed by atoms with Gasteiger partial charge in [0.25, 0.3) is 0 Å². The normalized spacial score (nSPS) is 15.7. The maximum Gasteiger partial charge on any atom is 0.237 e. The number of primary amides is 1. The number of hydrogen-bond acceptors (Lipinski definition) is 3. The molecule has 0 aliphatic heterocycles. The molecule has 1 rings (SSSR count). The molecule has 19 heavy (non-hydrogen) atoms. The minimum absolute atomic E-state index is 0.178. The van der Waals surface area contributed by atoms with Gasteiger partial charge >= 0.3 is 0 Å². The predicted octanol–water partition coefficient (Wildman–Crippen LogP) is 1.97. The van der Waals surface area contributed by atoms with Gasteiger partial charge < -0.3 is 16.2 Å². The molecule has 0 spiro atoms. The van der Waals surface area contributed by atoms with Crippen molar-refractivity contribution >= 4 is 5.91 Å². The fourth-order valence-corrected chi connectivity index (χ4v) is 2.08. The molecular formula is C15H24N2O2. The summed E-state index contributed by atoms with van der Waals surface area (Å²) in [7, 11) is 0. The number of rotatable bonds is 5. The summed E-state index contributed by atoms with van der Waals surface area (Å²) in [4.78, 5) is 11.2. The van der Waals surface area contributed by atoms with E-state index in [9.17, 15) is 4.79 Å². The molecule has 0 aliphatic rings. The molecule has 1 aromatic carbocycles. The summed E-state index contributed by atoms with van der Waals surface area (Å²) in [6.07, 6.45) is 0.205. The smallest absolute Gasteiger partial charge is 0.237 e. The Morgan fingerprint density at radius 2 is 1.95 bits per heavy atom. The minimum atomic E-state index is -1.05. The number of carbonyl (C=O) groups is 1. The topological polar surface area (TPSA) is 78.3 Å². The third-order valence-electron chi connectivity index (χ3n) is 3.37. The van der Waals surface area contributed by atoms with Crippen LogP contribution in [0.3, 0.4) is 0 Å². The number of amides is 1. The van der Waals surface area contributed by atoms with E-state index in [0.29, 0.717) is 6.42 Å². The number of benzene rings is 1. The molecule has 0 radical (unpaired) electrons. The summed E-state index contributed by atoms with van der Waals surface area (Å²) < 4.78 is 5.91. The zero-order chi connectivity index (χ0) is 14.8. The van der Waals surface area contributed by atoms with Crippen molar-refractivity contribution in [3.63, 3.8) is 0 Å². The first-order valence-electron chi connectivity index (χ1n) is 6.47. The number of ether oxygens (including phenoxy) is 1. The van der Waals surface area contributed by atoms with Crippen LogP contribution in [0.2, 0.25) is 0 Å². The van der Waals surface area contributed by atoms with Crippen molar-refractivity contribution < 1.29 is 9.53 Å². The van der Waals surface area contributed by atoms with Gasteiger partial charge in [0.05, 0.1) is 11.6 Å². The van der Waals surface area contributed by atoms with Crippen LogP contribution in [0.25, 0.3) is 0 Å². The highest BCUT2D eigenvalue weighted by atomic mass is 16.5. The maximum absolute atomic E-state index is 11.2. The van der Waals surface area contributed by atoms with Gasteiger partial charge in [-0.3, -0.25) is 4.79 Å². The second-order valence-electron chi connectivity index (χ2n) is 5.62. The molecule has 0 bridgehead atoms. The molecule has 0 aliphatic carbocycles. The molecule has 0 heterocycles. The van der Waals surface area contributed by atoms with Crippen molar-refractivity contribution in [3.8, 4) is 5.75 Å². The van der Waals surface area contributed by atoms with Crippen LogP contribution in [0.1, 0.15) is 37.0 Å². The van der Waals surface area contributed by atoms with Crippen LogP contribution in [0.15, 0.2) is 12.1 Å². The highest BCUT2D eigenvalue weighted by molar-refractivity contribution is 5.83. The van der Waals surface area contributed by atoms with Crippen molar-refractivity contribution in [2.75, 3.05) is 0 Å². The van der Waals surface area contributed by atoms with Crippen molar-refractivity contribution in [2.45, 2.75) is 52.7 Å². The van der Waals surface area contributed by atoms with Crippen LogP contribution in [0.4, 0.5) is 0 Å². The van der Waals surface area contributed by atoms with E-state index in [2.05, 4.69) is 13.0 Å². The standard InChI is InChI=1S/C15H24N2O2/c1-9-6-10(2)12(4)13(7-9)19-11(3)8-15(5,17)14(16)18/h6-7,11H,8,17H2,1-5H3,(H2,16,18). The zero-order valence-corrected chi connectivity index (χ0v) is 12.4. The molecule has 4 nitrogen and oxygen atoms in total. The first-order valence-corrected chi connectivity index (χ1v) is 6.47. The lowest BCUT2D eigenvalue weighted by Crippen LogP contribution is -2.51. The van der Waals surface area contributed by atoms with E-state index in [-0.39, 0.29) is 6.10 Å². The Bertz CT molecular complexity index is 481. The molecule has 1 aromatic rings. The molecule has 0 saturated carbocycles. The number of nitrogens with two attached hydrogens (primary N) is 2. The Labute approximate surface area is 115 Å². The van der Waals surface area contributed by atoms with E-state index in [1.54, 1.807) is 6.92 Å². The Morgan fingerprint density at radius 1 is 1.37 bits per heavy atom. The lowest BCUT2D eigenvalue weighted by atomic mass is 9.95. The Morgan fingerprint density at radius 3 is 2.47 bits per heavy atom. The van der Waals surface area contributed by atoms with E-state index in [1.165, 1.54) is 5.56 Å². The summed E-state index contributed by atoms with van der Waals surface area (Å²) in [5.74, 6) is 0.324. The van der Waals surface area contributed by atoms with Crippen molar-refractivity contribution in [1.29, 1.82) is 0 Å². The van der Waals surface area contributed by atoms with Gasteiger partial charge in [0.1, 0.15) is 5.75 Å². The van der Waals surface area contributed by atoms with E-state index in [0.717, 1.165) is 16.9 Å². The lowest BCUT2D eigenvalue weighted by molar-refractivity contribution is -0.123. The van der Waals surface area contributed by atoms with Crippen molar-refractivity contribution in [3.05, 3.63) is 28.8 Å². The molecule has 2 atom stereocenters. The van der Waals surface area contributed by atoms with Gasteiger partial charge in [-0.1, -0.05) is 6.07 Å². The van der Waals surface area contributed by atoms with Crippen molar-refractivity contribution in [2.24, 2.45) is 11.5 Å². The molecule has 0 saturated heterocycles. The summed E-state index contributed by atoms with van der Waals surface area (Å²) >= 11 is 0. The molecule has 0 aromatic heterocycles. The Kier molecular flexibility index (Phi) is 4.58. The summed E-state index contributed by atoms with van der Waals surface area (Å²) in [6.45, 7) is 9.62. The van der Waals surface area contributed by atoms with Gasteiger partial charge in [-0.15, -0.1) is 0 Å². The van der Waals surface area contributed by atoms with E-state index >= 15 is 0 Å². The highest BCUT2D eigenvalue weighted by Crippen LogP contribution is 2.25. The fraction of sp³-hybridized carbons (Fsp3) is 0.533. The molecule has 0 fully saturated rings. The SMILES string of the molecule is Cc1cc(C)c(C)c(OC(C)CC(C)(N)C(N)=O)c1. The second-order valence-corrected chi connectivity index (χ2v) is 5.62. The van der Waals surface area contributed by atoms with Gasteiger partial charge in [-0.05, 0) is 57.4 Å². The Hall–Kier alpha value is -1.55. The van der Waals surface area contributed by atoms with Crippen molar-refractivity contribution in [1.82, 2.24) is 0 Å². The minimum Gasteiger partial charge on any atom is -0.490 e. The first-order chi connectivity index (χ1) is 8.63. The zero-order valence-electron chi connectivity index (χ0n) is 12.4. The number of hydrogen-bond donors (Lipinski definition) is 2.